The van der Waals surface area contributed by atoms with E-state index in [1.807, 2.05) is 26.8 Å². The van der Waals surface area contributed by atoms with E-state index in [1.165, 1.54) is 40.5 Å². The molecule has 1 aromatic heterocycles. The molecule has 2 fully saturated rings. The number of ether oxygens (including phenoxy) is 1. The average molecular weight is 675 g/mol. The Morgan fingerprint density at radius 1 is 0.979 bits per heavy atom. The Morgan fingerprint density at radius 2 is 1.62 bits per heavy atom. The molecule has 0 bridgehead atoms. The third kappa shape index (κ3) is 9.81. The van der Waals surface area contributed by atoms with Crippen molar-refractivity contribution in [2.24, 2.45) is 0 Å². The number of urea groups is 1. The van der Waals surface area contributed by atoms with E-state index in [0.717, 1.165) is 31.5 Å². The molecule has 0 unspecified atom stereocenters. The van der Waals surface area contributed by atoms with Gasteiger partial charge in [-0.25, -0.2) is 19.2 Å². The first-order valence-electron chi connectivity index (χ1n) is 15.5. The van der Waals surface area contributed by atoms with Gasteiger partial charge < -0.3 is 30.3 Å². The van der Waals surface area contributed by atoms with Crippen LogP contribution in [0.4, 0.5) is 20.2 Å². The molecule has 256 valence electrons. The summed E-state index contributed by atoms with van der Waals surface area (Å²) in [4.78, 5) is 70.8. The molecule has 1 aromatic carbocycles. The highest BCUT2D eigenvalue weighted by atomic mass is 35.5. The number of aromatic nitrogens is 2. The number of amides is 5. The number of halogens is 1. The van der Waals surface area contributed by atoms with Crippen molar-refractivity contribution < 1.29 is 29.0 Å². The Labute approximate surface area is 278 Å². The van der Waals surface area contributed by atoms with Crippen molar-refractivity contribution in [1.29, 1.82) is 0 Å². The fraction of sp³-hybridized carbons (Fsp3) is 0.548. The van der Waals surface area contributed by atoms with E-state index in [0.29, 0.717) is 17.3 Å². The summed E-state index contributed by atoms with van der Waals surface area (Å²) >= 11 is 6.62. The lowest BCUT2D eigenvalue weighted by Gasteiger charge is -2.38. The van der Waals surface area contributed by atoms with Gasteiger partial charge >= 0.3 is 23.9 Å². The molecule has 2 saturated heterocycles. The van der Waals surface area contributed by atoms with Crippen molar-refractivity contribution in [2.45, 2.75) is 71.2 Å². The lowest BCUT2D eigenvalue weighted by atomic mass is 10.0. The topological polar surface area (TPSA) is 178 Å². The number of nitrogens with zero attached hydrogens (tertiary/aromatic N) is 5. The number of alkyl carbamates (subject to hydrolysis) is 1. The van der Waals surface area contributed by atoms with Crippen LogP contribution in [-0.4, -0.2) is 110 Å². The van der Waals surface area contributed by atoms with Gasteiger partial charge in [0.25, 0.3) is 0 Å². The first-order valence-corrected chi connectivity index (χ1v) is 15.9. The zero-order chi connectivity index (χ0) is 34.5. The Hall–Kier alpha value is -4.37. The number of carbonyl (C=O) groups is 4. The van der Waals surface area contributed by atoms with E-state index < -0.39 is 35.0 Å². The minimum atomic E-state index is -1.30. The minimum absolute atomic E-state index is 0.0502. The molecule has 0 saturated carbocycles. The second kappa shape index (κ2) is 14.6. The molecular weight excluding hydrogens is 632 g/mol. The van der Waals surface area contributed by atoms with Gasteiger partial charge in [-0.05, 0) is 71.2 Å². The van der Waals surface area contributed by atoms with E-state index in [9.17, 15) is 24.0 Å². The maximum atomic E-state index is 12.9. The highest BCUT2D eigenvalue weighted by Gasteiger charge is 2.35. The van der Waals surface area contributed by atoms with Crippen molar-refractivity contribution in [3.63, 3.8) is 0 Å². The number of carboxylic acid groups (broad SMARTS) is 1. The standard InChI is InChI=1S/C31H43ClN8O7/c1-30(2,3)47-29(46)33-21-8-11-37(12-9-21)19-20-6-7-22(18-23(20)32)40-13-10-24(35-27(40)43)34-26(42)39-16-14-38(15-17-39)25(41)31(4,5)36-28(44)45/h6-7,10,13,18,21,36H,8-9,11-12,14-17,19H2,1-5H3,(H,33,46)(H,44,45)(H,34,35,42,43). The van der Waals surface area contributed by atoms with Crippen LogP contribution in [0.15, 0.2) is 35.3 Å². The van der Waals surface area contributed by atoms with Gasteiger partial charge in [0, 0.05) is 63.1 Å². The highest BCUT2D eigenvalue weighted by Crippen LogP contribution is 2.23. The molecule has 4 N–H and O–H groups in total. The second-order valence-corrected chi connectivity index (χ2v) is 13.6. The van der Waals surface area contributed by atoms with Crippen LogP contribution < -0.4 is 21.6 Å². The quantitative estimate of drug-likeness (QED) is 0.343. The fourth-order valence-electron chi connectivity index (χ4n) is 5.45. The molecule has 47 heavy (non-hydrogen) atoms. The van der Waals surface area contributed by atoms with Crippen LogP contribution >= 0.6 is 11.6 Å². The molecule has 4 rings (SSSR count). The number of hydrogen-bond acceptors (Lipinski definition) is 8. The van der Waals surface area contributed by atoms with E-state index in [4.69, 9.17) is 21.4 Å². The van der Waals surface area contributed by atoms with Crippen LogP contribution in [0.25, 0.3) is 5.69 Å². The predicted octanol–water partition coefficient (Wildman–Crippen LogP) is 3.10. The van der Waals surface area contributed by atoms with Gasteiger partial charge in [-0.3, -0.25) is 19.6 Å². The normalized spacial score (nSPS) is 16.4. The van der Waals surface area contributed by atoms with Crippen LogP contribution in [0.3, 0.4) is 0 Å². The molecule has 5 amide bonds. The summed E-state index contributed by atoms with van der Waals surface area (Å²) in [6.07, 6.45) is 1.39. The maximum absolute atomic E-state index is 12.9. The van der Waals surface area contributed by atoms with E-state index >= 15 is 0 Å². The van der Waals surface area contributed by atoms with Crippen molar-refractivity contribution >= 4 is 41.5 Å². The minimum Gasteiger partial charge on any atom is -0.465 e. The van der Waals surface area contributed by atoms with Crippen LogP contribution in [-0.2, 0) is 16.1 Å². The van der Waals surface area contributed by atoms with Crippen molar-refractivity contribution in [3.8, 4) is 5.69 Å². The van der Waals surface area contributed by atoms with Crippen LogP contribution in [0.5, 0.6) is 0 Å². The molecule has 0 aliphatic carbocycles. The SMILES string of the molecule is CC(C)(C)OC(=O)NC1CCN(Cc2ccc(-n3ccc(NC(=O)N4CCN(C(=O)C(C)(C)NC(=O)O)CC4)nc3=O)cc2Cl)CC1. The van der Waals surface area contributed by atoms with E-state index in [1.54, 1.807) is 12.1 Å². The van der Waals surface area contributed by atoms with Crippen LogP contribution in [0, 0.1) is 0 Å². The first kappa shape index (κ1) is 35.5. The molecule has 2 aliphatic rings. The summed E-state index contributed by atoms with van der Waals surface area (Å²) in [6, 6.07) is 6.44. The molecule has 0 spiro atoms. The summed E-state index contributed by atoms with van der Waals surface area (Å²) in [5.74, 6) is -0.304. The molecule has 2 aliphatic heterocycles. The van der Waals surface area contributed by atoms with Gasteiger partial charge in [0.15, 0.2) is 0 Å². The summed E-state index contributed by atoms with van der Waals surface area (Å²) in [5, 5.41) is 17.3. The van der Waals surface area contributed by atoms with E-state index in [2.05, 4.69) is 25.8 Å². The Balaban J connectivity index is 1.28. The number of rotatable bonds is 7. The van der Waals surface area contributed by atoms with Gasteiger partial charge in [0.2, 0.25) is 5.91 Å². The highest BCUT2D eigenvalue weighted by molar-refractivity contribution is 6.31. The summed E-state index contributed by atoms with van der Waals surface area (Å²) in [7, 11) is 0. The number of hydrogen-bond donors (Lipinski definition) is 4. The molecule has 2 aromatic rings. The van der Waals surface area contributed by atoms with Crippen molar-refractivity contribution in [1.82, 2.24) is 34.9 Å². The third-order valence-corrected chi connectivity index (χ3v) is 8.22. The number of piperazine rings is 1. The fourth-order valence-corrected chi connectivity index (χ4v) is 5.69. The monoisotopic (exact) mass is 674 g/mol. The van der Waals surface area contributed by atoms with Gasteiger partial charge in [-0.15, -0.1) is 0 Å². The zero-order valence-electron chi connectivity index (χ0n) is 27.3. The number of nitrogens with one attached hydrogen (secondary N) is 3. The Kier molecular flexibility index (Phi) is 11.0. The number of likely N-dealkylation sites (tertiary alicyclic amines) is 1. The van der Waals surface area contributed by atoms with Gasteiger partial charge in [-0.2, -0.15) is 4.98 Å². The maximum Gasteiger partial charge on any atom is 0.407 e. The number of piperidine rings is 1. The smallest absolute Gasteiger partial charge is 0.407 e. The predicted molar refractivity (Wildman–Crippen MR) is 175 cm³/mol. The number of anilines is 1. The lowest BCUT2D eigenvalue weighted by Crippen LogP contribution is -2.60. The second-order valence-electron chi connectivity index (χ2n) is 13.2. The van der Waals surface area contributed by atoms with E-state index in [-0.39, 0.29) is 43.9 Å². The molecule has 0 atom stereocenters. The zero-order valence-corrected chi connectivity index (χ0v) is 28.1. The third-order valence-electron chi connectivity index (χ3n) is 7.86. The largest absolute Gasteiger partial charge is 0.465 e. The first-order chi connectivity index (χ1) is 22.0. The van der Waals surface area contributed by atoms with Crippen LogP contribution in [0.1, 0.15) is 53.0 Å². The Bertz CT molecular complexity index is 1540. The van der Waals surface area contributed by atoms with Gasteiger partial charge in [0.05, 0.1) is 5.69 Å². The summed E-state index contributed by atoms with van der Waals surface area (Å²) in [6.45, 7) is 11.6. The summed E-state index contributed by atoms with van der Waals surface area (Å²) < 4.78 is 6.68. The molecule has 15 nitrogen and oxygen atoms in total. The van der Waals surface area contributed by atoms with Gasteiger partial charge in [0.1, 0.15) is 17.0 Å². The van der Waals surface area contributed by atoms with Crippen molar-refractivity contribution in [3.05, 3.63) is 51.5 Å². The molecule has 0 radical (unpaired) electrons. The Morgan fingerprint density at radius 3 is 2.19 bits per heavy atom. The van der Waals surface area contributed by atoms with Crippen LogP contribution in [0.2, 0.25) is 5.02 Å². The van der Waals surface area contributed by atoms with Gasteiger partial charge in [-0.1, -0.05) is 17.7 Å². The van der Waals surface area contributed by atoms with Crippen molar-refractivity contribution in [2.75, 3.05) is 44.6 Å². The molecular formula is C31H43ClN8O7. The number of carbonyl (C=O) groups excluding carboxylic acids is 3. The summed E-state index contributed by atoms with van der Waals surface area (Å²) in [5.41, 5.74) is -1.01. The molecule has 16 heteroatoms. The number of benzene rings is 1. The lowest BCUT2D eigenvalue weighted by molar-refractivity contribution is -0.138. The molecule has 3 heterocycles. The average Bonchev–Trinajstić information content (AvgIpc) is 2.97.